The molecule has 8 nitrogen and oxygen atoms in total. The van der Waals surface area contributed by atoms with Gasteiger partial charge in [-0.3, -0.25) is 14.5 Å². The van der Waals surface area contributed by atoms with Gasteiger partial charge in [0, 0.05) is 5.56 Å². The molecule has 0 aliphatic carbocycles. The number of ether oxygens (including phenoxy) is 3. The molecule has 9 heteroatoms. The summed E-state index contributed by atoms with van der Waals surface area (Å²) in [7, 11) is 0. The summed E-state index contributed by atoms with van der Waals surface area (Å²) in [6.07, 6.45) is 1.89. The summed E-state index contributed by atoms with van der Waals surface area (Å²) in [6.45, 7) is 7.43. The van der Waals surface area contributed by atoms with E-state index in [9.17, 15) is 14.7 Å². The zero-order chi connectivity index (χ0) is 28.7. The van der Waals surface area contributed by atoms with E-state index in [1.54, 1.807) is 18.2 Å². The van der Waals surface area contributed by atoms with Crippen LogP contribution in [0.4, 0.5) is 5.13 Å². The second-order valence-corrected chi connectivity index (χ2v) is 11.2. The van der Waals surface area contributed by atoms with E-state index < -0.39 is 17.7 Å². The number of ketones is 1. The molecule has 2 aliphatic rings. The molecule has 4 aromatic rings. The van der Waals surface area contributed by atoms with Crippen LogP contribution in [0.15, 0.2) is 60.2 Å². The second kappa shape index (κ2) is 10.9. The summed E-state index contributed by atoms with van der Waals surface area (Å²) in [5.41, 5.74) is 3.80. The Hall–Kier alpha value is -4.37. The predicted octanol–water partition coefficient (Wildman–Crippen LogP) is 6.49. The first kappa shape index (κ1) is 26.8. The molecule has 1 aromatic heterocycles. The summed E-state index contributed by atoms with van der Waals surface area (Å²) >= 11 is 1.35. The zero-order valence-electron chi connectivity index (χ0n) is 23.1. The lowest BCUT2D eigenvalue weighted by Gasteiger charge is -2.24. The van der Waals surface area contributed by atoms with E-state index in [4.69, 9.17) is 19.2 Å². The third-order valence-corrected chi connectivity index (χ3v) is 8.23. The van der Waals surface area contributed by atoms with Crippen LogP contribution in [0, 0.1) is 13.8 Å². The number of hydrogen-bond donors (Lipinski definition) is 1. The number of hydrogen-bond acceptors (Lipinski definition) is 8. The quantitative estimate of drug-likeness (QED) is 0.117. The SMILES string of the molecule is CCCCOc1cccc([C@@H]2C(=C(O)c3ccc4c(c3)OCCO4)C(=O)C(=O)N2c2nc3c(C)cc(C)cc3s2)c1. The Balaban J connectivity index is 1.51. The number of carbonyl (C=O) groups excluding carboxylic acids is 2. The fraction of sp³-hybridized carbons (Fsp3) is 0.281. The van der Waals surface area contributed by atoms with E-state index in [0.717, 1.165) is 34.2 Å². The summed E-state index contributed by atoms with van der Waals surface area (Å²) < 4.78 is 18.2. The lowest BCUT2D eigenvalue weighted by atomic mass is 9.95. The number of anilines is 1. The van der Waals surface area contributed by atoms with E-state index in [2.05, 4.69) is 6.92 Å². The molecule has 0 saturated carbocycles. The molecule has 1 saturated heterocycles. The lowest BCUT2D eigenvalue weighted by molar-refractivity contribution is -0.132. The van der Waals surface area contributed by atoms with Gasteiger partial charge in [-0.2, -0.15) is 0 Å². The number of thiazole rings is 1. The Labute approximate surface area is 241 Å². The molecule has 3 aromatic carbocycles. The minimum absolute atomic E-state index is 0.0236. The van der Waals surface area contributed by atoms with Gasteiger partial charge in [0.25, 0.3) is 5.78 Å². The number of unbranched alkanes of at least 4 members (excludes halogenated alkanes) is 1. The monoisotopic (exact) mass is 570 g/mol. The molecule has 0 unspecified atom stereocenters. The number of aromatic nitrogens is 1. The lowest BCUT2D eigenvalue weighted by Crippen LogP contribution is -2.29. The fourth-order valence-electron chi connectivity index (χ4n) is 5.26. The largest absolute Gasteiger partial charge is 0.507 e. The number of fused-ring (bicyclic) bond motifs is 2. The minimum atomic E-state index is -0.917. The van der Waals surface area contributed by atoms with E-state index >= 15 is 0 Å². The van der Waals surface area contributed by atoms with Crippen LogP contribution in [0.25, 0.3) is 16.0 Å². The average Bonchev–Trinajstić information content (AvgIpc) is 3.51. The van der Waals surface area contributed by atoms with Crippen molar-refractivity contribution in [2.24, 2.45) is 0 Å². The number of rotatable bonds is 7. The van der Waals surface area contributed by atoms with Gasteiger partial charge in [0.15, 0.2) is 16.6 Å². The first-order chi connectivity index (χ1) is 19.9. The van der Waals surface area contributed by atoms with E-state index in [0.29, 0.717) is 53.3 Å². The molecule has 0 radical (unpaired) electrons. The number of amides is 1. The molecule has 1 fully saturated rings. The van der Waals surface area contributed by atoms with Crippen LogP contribution in [0.3, 0.4) is 0 Å². The summed E-state index contributed by atoms with van der Waals surface area (Å²) in [6, 6.07) is 15.4. The molecule has 1 amide bonds. The van der Waals surface area contributed by atoms with Crippen molar-refractivity contribution >= 4 is 44.1 Å². The Kier molecular flexibility index (Phi) is 7.13. The van der Waals surface area contributed by atoms with Gasteiger partial charge < -0.3 is 19.3 Å². The van der Waals surface area contributed by atoms with Crippen molar-refractivity contribution in [2.75, 3.05) is 24.7 Å². The first-order valence-corrected chi connectivity index (χ1v) is 14.5. The molecule has 3 heterocycles. The van der Waals surface area contributed by atoms with Gasteiger partial charge in [0.1, 0.15) is 24.7 Å². The van der Waals surface area contributed by atoms with Gasteiger partial charge in [-0.15, -0.1) is 0 Å². The topological polar surface area (TPSA) is 98.2 Å². The molecule has 0 spiro atoms. The number of Topliss-reactive ketones (excluding diaryl/α,β-unsaturated/α-hetero) is 1. The molecular weight excluding hydrogens is 540 g/mol. The third-order valence-electron chi connectivity index (χ3n) is 7.23. The molecule has 41 heavy (non-hydrogen) atoms. The highest BCUT2D eigenvalue weighted by Gasteiger charge is 2.48. The number of aryl methyl sites for hydroxylation is 2. The molecule has 1 atom stereocenters. The van der Waals surface area contributed by atoms with Crippen molar-refractivity contribution in [3.63, 3.8) is 0 Å². The second-order valence-electron chi connectivity index (χ2n) is 10.2. The molecule has 2 aliphatic heterocycles. The first-order valence-electron chi connectivity index (χ1n) is 13.7. The molecule has 210 valence electrons. The van der Waals surface area contributed by atoms with Crippen LogP contribution in [0.5, 0.6) is 17.2 Å². The standard InChI is InChI=1S/C32H30N2O6S/c1-4-5-11-38-22-8-6-7-20(16-22)28-26(29(35)21-9-10-23-24(17-21)40-13-12-39-23)30(36)31(37)34(28)32-33-27-19(3)14-18(2)15-25(27)41-32/h6-10,14-17,28,35H,4-5,11-13H2,1-3H3/t28-/m1/s1. The number of aliphatic hydroxyl groups excluding tert-OH is 1. The average molecular weight is 571 g/mol. The van der Waals surface area contributed by atoms with E-state index in [1.165, 1.54) is 16.2 Å². The Morgan fingerprint density at radius 2 is 1.88 bits per heavy atom. The van der Waals surface area contributed by atoms with Crippen molar-refractivity contribution in [2.45, 2.75) is 39.7 Å². The highest BCUT2D eigenvalue weighted by Crippen LogP contribution is 2.46. The maximum atomic E-state index is 13.7. The maximum absolute atomic E-state index is 13.7. The molecular formula is C32H30N2O6S. The Morgan fingerprint density at radius 3 is 2.68 bits per heavy atom. The number of benzene rings is 3. The van der Waals surface area contributed by atoms with Gasteiger partial charge in [0.2, 0.25) is 0 Å². The molecule has 1 N–H and O–H groups in total. The van der Waals surface area contributed by atoms with Crippen LogP contribution in [0.2, 0.25) is 0 Å². The third kappa shape index (κ3) is 4.91. The van der Waals surface area contributed by atoms with Gasteiger partial charge in [0.05, 0.1) is 28.4 Å². The van der Waals surface area contributed by atoms with Crippen molar-refractivity contribution in [3.05, 3.63) is 82.4 Å². The van der Waals surface area contributed by atoms with Crippen molar-refractivity contribution in [3.8, 4) is 17.2 Å². The van der Waals surface area contributed by atoms with Crippen LogP contribution in [-0.4, -0.2) is 41.6 Å². The highest BCUT2D eigenvalue weighted by molar-refractivity contribution is 7.22. The van der Waals surface area contributed by atoms with Gasteiger partial charge in [-0.05, 0) is 73.4 Å². The van der Waals surface area contributed by atoms with Gasteiger partial charge in [-0.25, -0.2) is 4.98 Å². The normalized spacial score (nSPS) is 17.8. The molecule has 0 bridgehead atoms. The van der Waals surface area contributed by atoms with Gasteiger partial charge in [-0.1, -0.05) is 42.9 Å². The number of aliphatic hydroxyl groups is 1. The number of carbonyl (C=O) groups is 2. The van der Waals surface area contributed by atoms with E-state index in [-0.39, 0.29) is 11.3 Å². The van der Waals surface area contributed by atoms with Crippen LogP contribution in [0.1, 0.15) is 48.1 Å². The van der Waals surface area contributed by atoms with Crippen LogP contribution in [-0.2, 0) is 9.59 Å². The van der Waals surface area contributed by atoms with Crippen molar-refractivity contribution in [1.29, 1.82) is 0 Å². The van der Waals surface area contributed by atoms with Crippen LogP contribution < -0.4 is 19.1 Å². The Bertz CT molecular complexity index is 1710. The van der Waals surface area contributed by atoms with Crippen LogP contribution >= 0.6 is 11.3 Å². The van der Waals surface area contributed by atoms with Crippen molar-refractivity contribution < 1.29 is 28.9 Å². The van der Waals surface area contributed by atoms with Gasteiger partial charge >= 0.3 is 5.91 Å². The molecule has 6 rings (SSSR count). The minimum Gasteiger partial charge on any atom is -0.507 e. The predicted molar refractivity (Wildman–Crippen MR) is 158 cm³/mol. The number of nitrogens with zero attached hydrogens (tertiary/aromatic N) is 2. The summed E-state index contributed by atoms with van der Waals surface area (Å²) in [4.78, 5) is 33.6. The smallest absolute Gasteiger partial charge is 0.301 e. The summed E-state index contributed by atoms with van der Waals surface area (Å²) in [5, 5.41) is 12.0. The fourth-order valence-corrected chi connectivity index (χ4v) is 6.43. The Morgan fingerprint density at radius 1 is 1.07 bits per heavy atom. The van der Waals surface area contributed by atoms with Crippen molar-refractivity contribution in [1.82, 2.24) is 4.98 Å². The van der Waals surface area contributed by atoms with E-state index in [1.807, 2.05) is 50.2 Å². The summed E-state index contributed by atoms with van der Waals surface area (Å²) in [5.74, 6) is -0.183. The zero-order valence-corrected chi connectivity index (χ0v) is 23.9. The highest BCUT2D eigenvalue weighted by atomic mass is 32.1. The maximum Gasteiger partial charge on any atom is 0.301 e.